The lowest BCUT2D eigenvalue weighted by atomic mass is 9.99. The van der Waals surface area contributed by atoms with E-state index in [2.05, 4.69) is 59.2 Å². The quantitative estimate of drug-likeness (QED) is 0.852. The Morgan fingerprint density at radius 2 is 1.78 bits per heavy atom. The van der Waals surface area contributed by atoms with Crippen LogP contribution in [0.3, 0.4) is 0 Å². The fourth-order valence-corrected chi connectivity index (χ4v) is 3.65. The molecule has 0 aliphatic carbocycles. The van der Waals surface area contributed by atoms with Crippen LogP contribution in [0.15, 0.2) is 24.3 Å². The third-order valence-electron chi connectivity index (χ3n) is 5.40. The maximum Gasteiger partial charge on any atom is 0.274 e. The maximum atomic E-state index is 13.0. The minimum atomic E-state index is -0.164. The molecule has 0 unspecified atom stereocenters. The van der Waals surface area contributed by atoms with Crippen LogP contribution in [0, 0.1) is 12.8 Å². The smallest absolute Gasteiger partial charge is 0.274 e. The highest BCUT2D eigenvalue weighted by Gasteiger charge is 2.20. The zero-order chi connectivity index (χ0) is 19.4. The number of rotatable bonds is 5. The Kier molecular flexibility index (Phi) is 6.09. The minimum absolute atomic E-state index is 0.164. The highest BCUT2D eigenvalue weighted by molar-refractivity contribution is 6.04. The Balaban J connectivity index is 1.85. The first-order valence-electron chi connectivity index (χ1n) is 10.0. The maximum absolute atomic E-state index is 13.0. The molecule has 1 aromatic carbocycles. The molecule has 0 spiro atoms. The first-order valence-corrected chi connectivity index (χ1v) is 10.0. The predicted octanol–water partition coefficient (Wildman–Crippen LogP) is 4.40. The van der Waals surface area contributed by atoms with Crippen LogP contribution in [0.2, 0.25) is 0 Å². The molecular formula is C22H30N4O. The first-order chi connectivity index (χ1) is 13.0. The van der Waals surface area contributed by atoms with Gasteiger partial charge >= 0.3 is 0 Å². The van der Waals surface area contributed by atoms with Crippen LogP contribution >= 0.6 is 0 Å². The van der Waals surface area contributed by atoms with E-state index in [-0.39, 0.29) is 5.91 Å². The molecule has 1 aliphatic rings. The largest absolute Gasteiger partial charge is 0.356 e. The standard InChI is InChI=1S/C22H30N4O/c1-5-17-8-7-9-18(6-2)21(17)25-22(27)19-14-20(24-16(4)23-19)26-12-10-15(3)11-13-26/h7-9,14-15H,5-6,10-13H2,1-4H3,(H,25,27). The molecule has 1 fully saturated rings. The number of amides is 1. The molecule has 0 bridgehead atoms. The van der Waals surface area contributed by atoms with Gasteiger partial charge in [-0.25, -0.2) is 9.97 Å². The third-order valence-corrected chi connectivity index (χ3v) is 5.40. The molecule has 1 N–H and O–H groups in total. The molecular weight excluding hydrogens is 336 g/mol. The zero-order valence-corrected chi connectivity index (χ0v) is 16.9. The molecule has 1 amide bonds. The summed E-state index contributed by atoms with van der Waals surface area (Å²) in [5.41, 5.74) is 3.67. The van der Waals surface area contributed by atoms with Crippen molar-refractivity contribution in [2.75, 3.05) is 23.3 Å². The van der Waals surface area contributed by atoms with Gasteiger partial charge in [-0.3, -0.25) is 4.79 Å². The van der Waals surface area contributed by atoms with E-state index >= 15 is 0 Å². The van der Waals surface area contributed by atoms with Gasteiger partial charge in [0.05, 0.1) is 0 Å². The molecule has 2 aromatic rings. The molecule has 0 atom stereocenters. The highest BCUT2D eigenvalue weighted by Crippen LogP contribution is 2.25. The Bertz CT molecular complexity index is 788. The summed E-state index contributed by atoms with van der Waals surface area (Å²) in [7, 11) is 0. The number of benzene rings is 1. The van der Waals surface area contributed by atoms with Crippen LogP contribution in [0.25, 0.3) is 0 Å². The summed E-state index contributed by atoms with van der Waals surface area (Å²) in [6, 6.07) is 8.02. The van der Waals surface area contributed by atoms with Gasteiger partial charge in [0.15, 0.2) is 0 Å². The number of piperidine rings is 1. The van der Waals surface area contributed by atoms with Crippen molar-refractivity contribution in [3.05, 3.63) is 46.9 Å². The normalized spacial score (nSPS) is 15.0. The molecule has 1 aromatic heterocycles. The monoisotopic (exact) mass is 366 g/mol. The Labute approximate surface area is 162 Å². The van der Waals surface area contributed by atoms with Crippen molar-refractivity contribution in [1.82, 2.24) is 9.97 Å². The molecule has 5 nitrogen and oxygen atoms in total. The summed E-state index contributed by atoms with van der Waals surface area (Å²) < 4.78 is 0. The third kappa shape index (κ3) is 4.46. The second kappa shape index (κ2) is 8.51. The molecule has 0 radical (unpaired) electrons. The second-order valence-electron chi connectivity index (χ2n) is 7.44. The minimum Gasteiger partial charge on any atom is -0.356 e. The van der Waals surface area contributed by atoms with Gasteiger partial charge in [0, 0.05) is 24.8 Å². The summed E-state index contributed by atoms with van der Waals surface area (Å²) >= 11 is 0. The lowest BCUT2D eigenvalue weighted by molar-refractivity contribution is 0.102. The number of carbonyl (C=O) groups is 1. The highest BCUT2D eigenvalue weighted by atomic mass is 16.1. The molecule has 0 saturated carbocycles. The van der Waals surface area contributed by atoms with Crippen LogP contribution in [0.4, 0.5) is 11.5 Å². The molecule has 3 rings (SSSR count). The van der Waals surface area contributed by atoms with E-state index < -0.39 is 0 Å². The van der Waals surface area contributed by atoms with Gasteiger partial charge in [-0.1, -0.05) is 39.0 Å². The first kappa shape index (κ1) is 19.3. The molecule has 27 heavy (non-hydrogen) atoms. The number of carbonyl (C=O) groups excluding carboxylic acids is 1. The lowest BCUT2D eigenvalue weighted by Crippen LogP contribution is -2.34. The topological polar surface area (TPSA) is 58.1 Å². The van der Waals surface area contributed by atoms with E-state index in [0.717, 1.165) is 67.3 Å². The van der Waals surface area contributed by atoms with Crippen molar-refractivity contribution >= 4 is 17.4 Å². The fourth-order valence-electron chi connectivity index (χ4n) is 3.65. The number of para-hydroxylation sites is 1. The van der Waals surface area contributed by atoms with Gasteiger partial charge in [-0.15, -0.1) is 0 Å². The number of anilines is 2. The van der Waals surface area contributed by atoms with Gasteiger partial charge in [-0.05, 0) is 49.7 Å². The molecule has 1 saturated heterocycles. The van der Waals surface area contributed by atoms with Gasteiger partial charge in [0.2, 0.25) is 0 Å². The summed E-state index contributed by atoms with van der Waals surface area (Å²) in [6.45, 7) is 10.3. The average Bonchev–Trinajstić information content (AvgIpc) is 2.68. The van der Waals surface area contributed by atoms with Crippen LogP contribution in [0.5, 0.6) is 0 Å². The molecule has 2 heterocycles. The summed E-state index contributed by atoms with van der Waals surface area (Å²) in [5.74, 6) is 2.09. The van der Waals surface area contributed by atoms with Gasteiger partial charge in [0.25, 0.3) is 5.91 Å². The van der Waals surface area contributed by atoms with Crippen molar-refractivity contribution in [1.29, 1.82) is 0 Å². The van der Waals surface area contributed by atoms with E-state index in [1.807, 2.05) is 13.0 Å². The number of aromatic nitrogens is 2. The van der Waals surface area contributed by atoms with Crippen LogP contribution in [-0.4, -0.2) is 29.0 Å². The number of nitrogens with zero attached hydrogens (tertiary/aromatic N) is 3. The van der Waals surface area contributed by atoms with E-state index in [9.17, 15) is 4.79 Å². The number of nitrogens with one attached hydrogen (secondary N) is 1. The molecule has 1 aliphatic heterocycles. The molecule has 144 valence electrons. The van der Waals surface area contributed by atoms with Gasteiger partial charge < -0.3 is 10.2 Å². The van der Waals surface area contributed by atoms with Crippen molar-refractivity contribution < 1.29 is 4.79 Å². The van der Waals surface area contributed by atoms with Gasteiger partial charge in [0.1, 0.15) is 17.3 Å². The number of hydrogen-bond acceptors (Lipinski definition) is 4. The fraction of sp³-hybridized carbons (Fsp3) is 0.500. The van der Waals surface area contributed by atoms with Gasteiger partial charge in [-0.2, -0.15) is 0 Å². The number of aryl methyl sites for hydroxylation is 3. The van der Waals surface area contributed by atoms with E-state index in [0.29, 0.717) is 11.5 Å². The Morgan fingerprint density at radius 3 is 2.37 bits per heavy atom. The van der Waals surface area contributed by atoms with Crippen LogP contribution in [-0.2, 0) is 12.8 Å². The SMILES string of the molecule is CCc1cccc(CC)c1NC(=O)c1cc(N2CCC(C)CC2)nc(C)n1. The Hall–Kier alpha value is -2.43. The number of hydrogen-bond donors (Lipinski definition) is 1. The predicted molar refractivity (Wildman–Crippen MR) is 111 cm³/mol. The average molecular weight is 367 g/mol. The second-order valence-corrected chi connectivity index (χ2v) is 7.44. The zero-order valence-electron chi connectivity index (χ0n) is 16.9. The molecule has 5 heteroatoms. The lowest BCUT2D eigenvalue weighted by Gasteiger charge is -2.31. The Morgan fingerprint density at radius 1 is 1.15 bits per heavy atom. The summed E-state index contributed by atoms with van der Waals surface area (Å²) in [6.07, 6.45) is 4.08. The van der Waals surface area contributed by atoms with Crippen LogP contribution in [0.1, 0.15) is 61.1 Å². The van der Waals surface area contributed by atoms with Crippen molar-refractivity contribution in [3.63, 3.8) is 0 Å². The van der Waals surface area contributed by atoms with Crippen molar-refractivity contribution in [3.8, 4) is 0 Å². The summed E-state index contributed by atoms with van der Waals surface area (Å²) in [4.78, 5) is 24.2. The van der Waals surface area contributed by atoms with E-state index in [1.54, 1.807) is 0 Å². The van der Waals surface area contributed by atoms with E-state index in [1.165, 1.54) is 0 Å². The van der Waals surface area contributed by atoms with Crippen molar-refractivity contribution in [2.45, 2.75) is 53.4 Å². The summed E-state index contributed by atoms with van der Waals surface area (Å²) in [5, 5.41) is 3.11. The van der Waals surface area contributed by atoms with E-state index in [4.69, 9.17) is 0 Å². The van der Waals surface area contributed by atoms with Crippen LogP contribution < -0.4 is 10.2 Å². The van der Waals surface area contributed by atoms with Crippen molar-refractivity contribution in [2.24, 2.45) is 5.92 Å².